The van der Waals surface area contributed by atoms with Gasteiger partial charge in [0.25, 0.3) is 0 Å². The van der Waals surface area contributed by atoms with E-state index in [9.17, 15) is 4.79 Å². The Hall–Kier alpha value is -2.07. The number of rotatable bonds is 5. The maximum atomic E-state index is 12.4. The molecule has 0 bridgehead atoms. The summed E-state index contributed by atoms with van der Waals surface area (Å²) in [5.74, 6) is 0. The summed E-state index contributed by atoms with van der Waals surface area (Å²) < 4.78 is 5.59. The largest absolute Gasteiger partial charge is 0.422 e. The lowest BCUT2D eigenvalue weighted by Crippen LogP contribution is -2.21. The molecule has 0 fully saturated rings. The number of alkyl halides is 1. The number of halogens is 1. The van der Waals surface area contributed by atoms with E-state index in [2.05, 4.69) is 40.7 Å². The van der Waals surface area contributed by atoms with Crippen molar-refractivity contribution in [2.45, 2.75) is 19.2 Å². The van der Waals surface area contributed by atoms with Crippen molar-refractivity contribution >= 4 is 32.6 Å². The van der Waals surface area contributed by atoms with Crippen LogP contribution in [0, 0.1) is 0 Å². The molecule has 1 aromatic heterocycles. The van der Waals surface area contributed by atoms with Gasteiger partial charge in [-0.3, -0.25) is 0 Å². The van der Waals surface area contributed by atoms with Crippen LogP contribution in [0.2, 0.25) is 0 Å². The van der Waals surface area contributed by atoms with Crippen LogP contribution in [0.3, 0.4) is 0 Å². The summed E-state index contributed by atoms with van der Waals surface area (Å²) in [6, 6.07) is 15.9. The molecule has 3 nitrogen and oxygen atoms in total. The van der Waals surface area contributed by atoms with Crippen molar-refractivity contribution in [2.75, 3.05) is 18.0 Å². The Morgan fingerprint density at radius 1 is 1.00 bits per heavy atom. The number of hydrogen-bond donors (Lipinski definition) is 0. The molecule has 1 heterocycles. The predicted molar refractivity (Wildman–Crippen MR) is 104 cm³/mol. The van der Waals surface area contributed by atoms with Crippen LogP contribution in [0.1, 0.15) is 19.4 Å². The molecule has 3 aromatic rings. The van der Waals surface area contributed by atoms with Crippen molar-refractivity contribution in [1.29, 1.82) is 0 Å². The van der Waals surface area contributed by atoms with Gasteiger partial charge in [-0.25, -0.2) is 4.79 Å². The second kappa shape index (κ2) is 7.22. The Morgan fingerprint density at radius 2 is 1.71 bits per heavy atom. The van der Waals surface area contributed by atoms with E-state index in [1.807, 2.05) is 42.5 Å². The van der Waals surface area contributed by atoms with E-state index >= 15 is 0 Å². The van der Waals surface area contributed by atoms with Crippen molar-refractivity contribution in [3.8, 4) is 11.1 Å². The summed E-state index contributed by atoms with van der Waals surface area (Å²) in [6.45, 7) is 6.07. The average Bonchev–Trinajstić information content (AvgIpc) is 2.62. The summed E-state index contributed by atoms with van der Waals surface area (Å²) in [6.07, 6.45) is 0. The van der Waals surface area contributed by atoms with E-state index in [0.717, 1.165) is 35.1 Å². The zero-order valence-corrected chi connectivity index (χ0v) is 15.5. The molecule has 0 amide bonds. The fraction of sp³-hybridized carbons (Fsp3) is 0.250. The third kappa shape index (κ3) is 3.24. The van der Waals surface area contributed by atoms with Crippen LogP contribution in [-0.2, 0) is 5.33 Å². The molecule has 0 aliphatic heterocycles. The minimum absolute atomic E-state index is 0.300. The molecule has 24 heavy (non-hydrogen) atoms. The zero-order valence-electron chi connectivity index (χ0n) is 13.9. The predicted octanol–water partition coefficient (Wildman–Crippen LogP) is 5.20. The monoisotopic (exact) mass is 385 g/mol. The van der Waals surface area contributed by atoms with Crippen molar-refractivity contribution in [2.24, 2.45) is 0 Å². The van der Waals surface area contributed by atoms with Gasteiger partial charge < -0.3 is 9.32 Å². The first-order valence-electron chi connectivity index (χ1n) is 8.14. The Labute approximate surface area is 150 Å². The first-order valence-corrected chi connectivity index (χ1v) is 9.26. The lowest BCUT2D eigenvalue weighted by atomic mass is 10.0. The summed E-state index contributed by atoms with van der Waals surface area (Å²) in [5.41, 5.74) is 4.05. The number of hydrogen-bond acceptors (Lipinski definition) is 3. The molecule has 2 aromatic carbocycles. The molecule has 0 aliphatic rings. The van der Waals surface area contributed by atoms with Gasteiger partial charge >= 0.3 is 5.63 Å². The fourth-order valence-corrected chi connectivity index (χ4v) is 3.23. The van der Waals surface area contributed by atoms with Crippen LogP contribution in [0.15, 0.2) is 57.7 Å². The summed E-state index contributed by atoms with van der Waals surface area (Å²) in [5, 5.41) is 1.73. The molecule has 0 aliphatic carbocycles. The van der Waals surface area contributed by atoms with Gasteiger partial charge in [0.05, 0.1) is 5.56 Å². The van der Waals surface area contributed by atoms with Crippen LogP contribution in [0.25, 0.3) is 22.1 Å². The van der Waals surface area contributed by atoms with Crippen molar-refractivity contribution in [3.63, 3.8) is 0 Å². The van der Waals surface area contributed by atoms with Crippen LogP contribution in [0.4, 0.5) is 5.69 Å². The van der Waals surface area contributed by atoms with Gasteiger partial charge in [0, 0.05) is 35.6 Å². The van der Waals surface area contributed by atoms with Gasteiger partial charge in [-0.05, 0) is 43.2 Å². The maximum absolute atomic E-state index is 12.4. The second-order valence-corrected chi connectivity index (χ2v) is 6.23. The molecule has 0 radical (unpaired) electrons. The molecular weight excluding hydrogens is 366 g/mol. The quantitative estimate of drug-likeness (QED) is 0.446. The third-order valence-electron chi connectivity index (χ3n) is 4.27. The molecule has 0 saturated heterocycles. The molecular formula is C20H20BrNO2. The topological polar surface area (TPSA) is 33.5 Å². The van der Waals surface area contributed by atoms with Gasteiger partial charge in [0.15, 0.2) is 0 Å². The highest BCUT2D eigenvalue weighted by Gasteiger charge is 2.10. The Morgan fingerprint density at radius 3 is 2.33 bits per heavy atom. The van der Waals surface area contributed by atoms with Crippen molar-refractivity contribution in [3.05, 3.63) is 64.5 Å². The maximum Gasteiger partial charge on any atom is 0.344 e. The first kappa shape index (κ1) is 16.8. The number of benzene rings is 2. The minimum atomic E-state index is -0.300. The third-order valence-corrected chi connectivity index (χ3v) is 4.91. The smallest absolute Gasteiger partial charge is 0.344 e. The van der Waals surface area contributed by atoms with E-state index in [4.69, 9.17) is 4.42 Å². The highest BCUT2D eigenvalue weighted by Crippen LogP contribution is 2.25. The Balaban J connectivity index is 2.07. The van der Waals surface area contributed by atoms with E-state index in [0.29, 0.717) is 11.1 Å². The van der Waals surface area contributed by atoms with E-state index in [1.54, 1.807) is 0 Å². The number of anilines is 1. The van der Waals surface area contributed by atoms with E-state index in [1.165, 1.54) is 5.56 Å². The van der Waals surface area contributed by atoms with E-state index in [-0.39, 0.29) is 5.63 Å². The SMILES string of the molecule is CCN(CC)c1ccc2cc(-c3ccc(CBr)cc3)c(=O)oc2c1. The Kier molecular flexibility index (Phi) is 5.05. The van der Waals surface area contributed by atoms with Crippen LogP contribution >= 0.6 is 15.9 Å². The molecule has 4 heteroatoms. The molecule has 0 spiro atoms. The van der Waals surface area contributed by atoms with Crippen molar-refractivity contribution in [1.82, 2.24) is 0 Å². The highest BCUT2D eigenvalue weighted by molar-refractivity contribution is 9.08. The Bertz CT molecular complexity index is 896. The van der Waals surface area contributed by atoms with Crippen LogP contribution in [-0.4, -0.2) is 13.1 Å². The zero-order chi connectivity index (χ0) is 17.1. The van der Waals surface area contributed by atoms with Gasteiger partial charge in [0.1, 0.15) is 5.58 Å². The highest BCUT2D eigenvalue weighted by atomic mass is 79.9. The average molecular weight is 386 g/mol. The first-order chi connectivity index (χ1) is 11.7. The van der Waals surface area contributed by atoms with Gasteiger partial charge in [-0.1, -0.05) is 40.2 Å². The van der Waals surface area contributed by atoms with Gasteiger partial charge in [-0.2, -0.15) is 0 Å². The van der Waals surface area contributed by atoms with Crippen LogP contribution < -0.4 is 10.5 Å². The number of fused-ring (bicyclic) bond motifs is 1. The fourth-order valence-electron chi connectivity index (χ4n) is 2.86. The summed E-state index contributed by atoms with van der Waals surface area (Å²) in [7, 11) is 0. The van der Waals surface area contributed by atoms with Crippen molar-refractivity contribution < 1.29 is 4.42 Å². The molecule has 0 atom stereocenters. The number of nitrogens with zero attached hydrogens (tertiary/aromatic N) is 1. The second-order valence-electron chi connectivity index (χ2n) is 5.67. The molecule has 0 unspecified atom stereocenters. The normalized spacial score (nSPS) is 11.0. The summed E-state index contributed by atoms with van der Waals surface area (Å²) >= 11 is 3.43. The minimum Gasteiger partial charge on any atom is -0.422 e. The lowest BCUT2D eigenvalue weighted by Gasteiger charge is -2.21. The summed E-state index contributed by atoms with van der Waals surface area (Å²) in [4.78, 5) is 14.6. The van der Waals surface area contributed by atoms with E-state index < -0.39 is 0 Å². The lowest BCUT2D eigenvalue weighted by molar-refractivity contribution is 0.563. The van der Waals surface area contributed by atoms with Gasteiger partial charge in [0.2, 0.25) is 0 Å². The van der Waals surface area contributed by atoms with Crippen LogP contribution in [0.5, 0.6) is 0 Å². The molecule has 3 rings (SSSR count). The molecule has 0 saturated carbocycles. The molecule has 0 N–H and O–H groups in total. The standard InChI is InChI=1S/C20H20BrNO2/c1-3-22(4-2)17-10-9-16-11-18(20(23)24-19(16)12-17)15-7-5-14(13-21)6-8-15/h5-12H,3-4,13H2,1-2H3. The molecule has 124 valence electrons. The van der Waals surface area contributed by atoms with Gasteiger partial charge in [-0.15, -0.1) is 0 Å².